The topological polar surface area (TPSA) is 77.4 Å². The van der Waals surface area contributed by atoms with Gasteiger partial charge in [-0.2, -0.15) is 13.2 Å². The average molecular weight is 382 g/mol. The molecule has 1 aliphatic rings. The number of piperidine rings is 1. The summed E-state index contributed by atoms with van der Waals surface area (Å²) in [6, 6.07) is 1.93. The van der Waals surface area contributed by atoms with Crippen LogP contribution in [0.1, 0.15) is 28.9 Å². The van der Waals surface area contributed by atoms with Gasteiger partial charge in [-0.15, -0.1) is 0 Å². The molecule has 3 heterocycles. The van der Waals surface area contributed by atoms with Crippen molar-refractivity contribution in [3.05, 3.63) is 42.0 Å². The van der Waals surface area contributed by atoms with Crippen LogP contribution in [0.5, 0.6) is 11.8 Å². The summed E-state index contributed by atoms with van der Waals surface area (Å²) >= 11 is 0. The van der Waals surface area contributed by atoms with Gasteiger partial charge in [0, 0.05) is 25.1 Å². The van der Waals surface area contributed by atoms with Crippen LogP contribution < -0.4 is 9.47 Å². The zero-order valence-corrected chi connectivity index (χ0v) is 14.4. The predicted molar refractivity (Wildman–Crippen MR) is 87.4 cm³/mol. The zero-order valence-electron chi connectivity index (χ0n) is 14.4. The highest BCUT2D eigenvalue weighted by atomic mass is 19.4. The van der Waals surface area contributed by atoms with Crippen LogP contribution in [0.25, 0.3) is 0 Å². The average Bonchev–Trinajstić information content (AvgIpc) is 2.67. The van der Waals surface area contributed by atoms with Crippen LogP contribution in [0.3, 0.4) is 0 Å². The maximum atomic E-state index is 12.6. The summed E-state index contributed by atoms with van der Waals surface area (Å²) in [6.45, 7) is 0.761. The Labute approximate surface area is 153 Å². The van der Waals surface area contributed by atoms with Gasteiger partial charge >= 0.3 is 6.18 Å². The van der Waals surface area contributed by atoms with Crippen molar-refractivity contribution in [2.45, 2.75) is 25.1 Å². The van der Waals surface area contributed by atoms with E-state index in [2.05, 4.69) is 15.0 Å². The number of pyridine rings is 1. The molecule has 27 heavy (non-hydrogen) atoms. The fourth-order valence-electron chi connectivity index (χ4n) is 2.78. The molecule has 0 saturated carbocycles. The molecule has 1 fully saturated rings. The molecule has 10 heteroatoms. The first-order valence-electron chi connectivity index (χ1n) is 8.22. The summed E-state index contributed by atoms with van der Waals surface area (Å²) < 4.78 is 48.7. The first-order valence-corrected chi connectivity index (χ1v) is 8.22. The fourth-order valence-corrected chi connectivity index (χ4v) is 2.78. The maximum Gasteiger partial charge on any atom is 0.433 e. The number of aromatic nitrogens is 3. The second-order valence-corrected chi connectivity index (χ2v) is 5.93. The Hall–Kier alpha value is -2.91. The Bertz CT molecular complexity index is 799. The molecule has 3 rings (SSSR count). The molecule has 0 spiro atoms. The molecule has 2 aromatic rings. The Kier molecular flexibility index (Phi) is 5.43. The lowest BCUT2D eigenvalue weighted by Crippen LogP contribution is -2.44. The van der Waals surface area contributed by atoms with Gasteiger partial charge in [0.15, 0.2) is 0 Å². The Morgan fingerprint density at radius 3 is 2.56 bits per heavy atom. The number of halogens is 3. The molecule has 1 aliphatic heterocycles. The van der Waals surface area contributed by atoms with E-state index in [9.17, 15) is 18.0 Å². The number of nitrogens with zero attached hydrogens (tertiary/aromatic N) is 4. The lowest BCUT2D eigenvalue weighted by atomic mass is 10.1. The molecular formula is C17H17F3N4O3. The summed E-state index contributed by atoms with van der Waals surface area (Å²) in [4.78, 5) is 25.5. The van der Waals surface area contributed by atoms with Crippen LogP contribution in [0.15, 0.2) is 30.7 Å². The monoisotopic (exact) mass is 382 g/mol. The van der Waals surface area contributed by atoms with Gasteiger partial charge in [0.25, 0.3) is 17.7 Å². The molecular weight excluding hydrogens is 365 g/mol. The maximum absolute atomic E-state index is 12.6. The lowest BCUT2D eigenvalue weighted by molar-refractivity contribution is -0.141. The number of carbonyl (C=O) groups is 1. The zero-order chi connectivity index (χ0) is 19.4. The largest absolute Gasteiger partial charge is 0.477 e. The van der Waals surface area contributed by atoms with E-state index in [1.54, 1.807) is 0 Å². The van der Waals surface area contributed by atoms with Crippen molar-refractivity contribution in [3.63, 3.8) is 0 Å². The van der Waals surface area contributed by atoms with Crippen molar-refractivity contribution < 1.29 is 27.4 Å². The first-order chi connectivity index (χ1) is 12.9. The van der Waals surface area contributed by atoms with E-state index in [4.69, 9.17) is 9.47 Å². The summed E-state index contributed by atoms with van der Waals surface area (Å²) in [5.74, 6) is 0.0824. The molecule has 0 aliphatic carbocycles. The van der Waals surface area contributed by atoms with E-state index in [-0.39, 0.29) is 30.0 Å². The number of ether oxygens (including phenoxy) is 2. The third-order valence-corrected chi connectivity index (χ3v) is 4.07. The number of carbonyl (C=O) groups excluding carboxylic acids is 1. The van der Waals surface area contributed by atoms with Crippen LogP contribution in [0, 0.1) is 0 Å². The van der Waals surface area contributed by atoms with Gasteiger partial charge in [-0.05, 0) is 25.0 Å². The first kappa shape index (κ1) is 18.9. The number of hydrogen-bond donors (Lipinski definition) is 0. The second kappa shape index (κ2) is 7.77. The number of likely N-dealkylation sites (tertiary alicyclic amines) is 1. The van der Waals surface area contributed by atoms with E-state index in [1.807, 2.05) is 0 Å². The number of hydrogen-bond acceptors (Lipinski definition) is 6. The van der Waals surface area contributed by atoms with E-state index in [1.165, 1.54) is 24.4 Å². The number of amides is 1. The van der Waals surface area contributed by atoms with Crippen molar-refractivity contribution in [2.24, 2.45) is 0 Å². The highest BCUT2D eigenvalue weighted by Crippen LogP contribution is 2.28. The number of alkyl halides is 3. The van der Waals surface area contributed by atoms with E-state index >= 15 is 0 Å². The molecule has 1 saturated heterocycles. The van der Waals surface area contributed by atoms with Gasteiger partial charge in [0.2, 0.25) is 0 Å². The van der Waals surface area contributed by atoms with Crippen molar-refractivity contribution in [2.75, 3.05) is 20.2 Å². The summed E-state index contributed by atoms with van der Waals surface area (Å²) in [5.41, 5.74) is -0.936. The SMILES string of the molecule is COc1nccnc1OC1CCCN(C(=O)c2ccc(C(F)(F)F)nc2)C1. The van der Waals surface area contributed by atoms with E-state index < -0.39 is 17.8 Å². The molecule has 144 valence electrons. The minimum atomic E-state index is -4.54. The molecule has 0 aromatic carbocycles. The number of rotatable bonds is 4. The normalized spacial score (nSPS) is 17.5. The third-order valence-electron chi connectivity index (χ3n) is 4.07. The van der Waals surface area contributed by atoms with Gasteiger partial charge in [-0.25, -0.2) is 9.97 Å². The molecule has 0 radical (unpaired) electrons. The number of methoxy groups -OCH3 is 1. The van der Waals surface area contributed by atoms with Crippen molar-refractivity contribution >= 4 is 5.91 Å². The minimum absolute atomic E-state index is 0.0979. The quantitative estimate of drug-likeness (QED) is 0.809. The highest BCUT2D eigenvalue weighted by molar-refractivity contribution is 5.94. The Morgan fingerprint density at radius 2 is 1.93 bits per heavy atom. The van der Waals surface area contributed by atoms with Gasteiger partial charge in [0.05, 0.1) is 19.2 Å². The molecule has 1 unspecified atom stereocenters. The Morgan fingerprint density at radius 1 is 1.19 bits per heavy atom. The van der Waals surface area contributed by atoms with Crippen molar-refractivity contribution in [3.8, 4) is 11.8 Å². The third kappa shape index (κ3) is 4.44. The van der Waals surface area contributed by atoms with Gasteiger partial charge < -0.3 is 14.4 Å². The summed E-state index contributed by atoms with van der Waals surface area (Å²) in [7, 11) is 1.45. The van der Waals surface area contributed by atoms with Crippen LogP contribution in [0.4, 0.5) is 13.2 Å². The van der Waals surface area contributed by atoms with Gasteiger partial charge in [0.1, 0.15) is 11.8 Å². The smallest absolute Gasteiger partial charge is 0.433 e. The Balaban J connectivity index is 1.67. The summed E-state index contributed by atoms with van der Waals surface area (Å²) in [6.07, 6.45) is 0.415. The standard InChI is InChI=1S/C17H17F3N4O3/c1-26-14-15(22-7-6-21-14)27-12-3-2-8-24(10-12)16(25)11-4-5-13(23-9-11)17(18,19)20/h4-7,9,12H,2-3,8,10H2,1H3. The molecule has 2 aromatic heterocycles. The molecule has 1 amide bonds. The summed E-state index contributed by atoms with van der Waals surface area (Å²) in [5, 5.41) is 0. The predicted octanol–water partition coefficient (Wildman–Crippen LogP) is 2.58. The van der Waals surface area contributed by atoms with Gasteiger partial charge in [-0.1, -0.05) is 0 Å². The van der Waals surface area contributed by atoms with E-state index in [0.717, 1.165) is 18.3 Å². The van der Waals surface area contributed by atoms with E-state index in [0.29, 0.717) is 19.4 Å². The molecule has 1 atom stereocenters. The molecule has 0 bridgehead atoms. The van der Waals surface area contributed by atoms with Crippen LogP contribution >= 0.6 is 0 Å². The van der Waals surface area contributed by atoms with Crippen LogP contribution in [0.2, 0.25) is 0 Å². The molecule has 0 N–H and O–H groups in total. The lowest BCUT2D eigenvalue weighted by Gasteiger charge is -2.32. The highest BCUT2D eigenvalue weighted by Gasteiger charge is 2.33. The van der Waals surface area contributed by atoms with Crippen molar-refractivity contribution in [1.29, 1.82) is 0 Å². The van der Waals surface area contributed by atoms with Gasteiger partial charge in [-0.3, -0.25) is 9.78 Å². The minimum Gasteiger partial charge on any atom is -0.477 e. The molecule has 7 nitrogen and oxygen atoms in total. The fraction of sp³-hybridized carbons (Fsp3) is 0.412. The van der Waals surface area contributed by atoms with Crippen LogP contribution in [-0.4, -0.2) is 52.1 Å². The van der Waals surface area contributed by atoms with Crippen molar-refractivity contribution in [1.82, 2.24) is 19.9 Å². The second-order valence-electron chi connectivity index (χ2n) is 5.93. The van der Waals surface area contributed by atoms with Crippen LogP contribution in [-0.2, 0) is 6.18 Å².